The maximum Gasteiger partial charge on any atom is 0.251 e. The molecule has 0 bridgehead atoms. The third-order valence-corrected chi connectivity index (χ3v) is 6.32. The fraction of sp³-hybridized carbons (Fsp3) is 0.214. The van der Waals surface area contributed by atoms with Crippen LogP contribution in [0.3, 0.4) is 0 Å². The Hall–Kier alpha value is -1.06. The van der Waals surface area contributed by atoms with Crippen LogP contribution in [-0.2, 0) is 15.8 Å². The highest BCUT2D eigenvalue weighted by Gasteiger charge is 2.16. The first kappa shape index (κ1) is 18.3. The van der Waals surface area contributed by atoms with Gasteiger partial charge in [-0.2, -0.15) is 11.8 Å². The molecule has 0 radical (unpaired) electrons. The number of thiophene rings is 1. The molecule has 1 aromatic heterocycles. The lowest BCUT2D eigenvalue weighted by atomic mass is 10.2. The lowest BCUT2D eigenvalue weighted by Gasteiger charge is -2.07. The number of carbonyl (C=O) groups is 1. The van der Waals surface area contributed by atoms with E-state index in [1.807, 2.05) is 11.4 Å². The zero-order valence-corrected chi connectivity index (χ0v) is 15.2. The summed E-state index contributed by atoms with van der Waals surface area (Å²) >= 11 is 9.20. The van der Waals surface area contributed by atoms with Crippen molar-refractivity contribution < 1.29 is 13.2 Å². The zero-order chi connectivity index (χ0) is 16.9. The Labute approximate surface area is 148 Å². The number of rotatable bonds is 7. The summed E-state index contributed by atoms with van der Waals surface area (Å²) < 4.78 is 22.8. The summed E-state index contributed by atoms with van der Waals surface area (Å²) in [5, 5.41) is 9.83. The number of hydrogen-bond acceptors (Lipinski definition) is 5. The number of amides is 1. The van der Waals surface area contributed by atoms with Gasteiger partial charge in [-0.25, -0.2) is 13.6 Å². The van der Waals surface area contributed by atoms with E-state index in [9.17, 15) is 13.2 Å². The van der Waals surface area contributed by atoms with Crippen LogP contribution in [-0.4, -0.2) is 26.6 Å². The quantitative estimate of drug-likeness (QED) is 0.711. The smallest absolute Gasteiger partial charge is 0.251 e. The Morgan fingerprint density at radius 3 is 2.78 bits per heavy atom. The average molecular weight is 391 g/mol. The third kappa shape index (κ3) is 5.50. The van der Waals surface area contributed by atoms with Crippen LogP contribution < -0.4 is 10.5 Å². The Bertz CT molecular complexity index is 777. The molecule has 1 aromatic carbocycles. The number of nitrogens with two attached hydrogens (primary N) is 1. The first-order valence-electron chi connectivity index (χ1n) is 6.58. The summed E-state index contributed by atoms with van der Waals surface area (Å²) in [7, 11) is -3.96. The van der Waals surface area contributed by atoms with Gasteiger partial charge in [0.15, 0.2) is 0 Å². The largest absolute Gasteiger partial charge is 0.351 e. The fourth-order valence-electron chi connectivity index (χ4n) is 1.77. The molecule has 0 saturated heterocycles. The predicted octanol–water partition coefficient (Wildman–Crippen LogP) is 2.71. The molecular weight excluding hydrogens is 376 g/mol. The minimum absolute atomic E-state index is 0.00412. The second-order valence-electron chi connectivity index (χ2n) is 4.58. The van der Waals surface area contributed by atoms with E-state index in [-0.39, 0.29) is 21.4 Å². The van der Waals surface area contributed by atoms with Crippen LogP contribution in [0.5, 0.6) is 0 Å². The van der Waals surface area contributed by atoms with Crippen molar-refractivity contribution in [2.45, 2.75) is 10.6 Å². The summed E-state index contributed by atoms with van der Waals surface area (Å²) in [6.45, 7) is 0.488. The molecule has 0 aliphatic carbocycles. The van der Waals surface area contributed by atoms with Crippen molar-refractivity contribution in [3.05, 3.63) is 51.2 Å². The Morgan fingerprint density at radius 2 is 2.13 bits per heavy atom. The third-order valence-electron chi connectivity index (χ3n) is 2.86. The molecule has 2 aromatic rings. The number of nitrogens with one attached hydrogen (secondary N) is 1. The summed E-state index contributed by atoms with van der Waals surface area (Å²) in [6, 6.07) is 8.07. The van der Waals surface area contributed by atoms with Gasteiger partial charge in [0.1, 0.15) is 4.90 Å². The van der Waals surface area contributed by atoms with Crippen molar-refractivity contribution in [2.75, 3.05) is 12.3 Å². The van der Waals surface area contributed by atoms with Crippen LogP contribution in [0.25, 0.3) is 0 Å². The molecule has 0 spiro atoms. The number of thioether (sulfide) groups is 1. The molecule has 9 heteroatoms. The van der Waals surface area contributed by atoms with E-state index >= 15 is 0 Å². The Kier molecular flexibility index (Phi) is 6.49. The summed E-state index contributed by atoms with van der Waals surface area (Å²) in [4.78, 5) is 13.1. The maximum atomic E-state index is 12.0. The minimum atomic E-state index is -3.96. The molecule has 0 saturated carbocycles. The topological polar surface area (TPSA) is 89.3 Å². The highest BCUT2D eigenvalue weighted by molar-refractivity contribution is 7.98. The first-order valence-corrected chi connectivity index (χ1v) is 10.5. The van der Waals surface area contributed by atoms with Crippen LogP contribution in [0, 0.1) is 0 Å². The van der Waals surface area contributed by atoms with Gasteiger partial charge < -0.3 is 5.32 Å². The highest BCUT2D eigenvalue weighted by Crippen LogP contribution is 2.21. The van der Waals surface area contributed by atoms with Gasteiger partial charge in [-0.1, -0.05) is 17.7 Å². The lowest BCUT2D eigenvalue weighted by Crippen LogP contribution is -2.26. The van der Waals surface area contributed by atoms with Gasteiger partial charge in [0, 0.05) is 28.5 Å². The SMILES string of the molecule is NS(=O)(=O)c1cc(C(=O)NCCSCc2cccs2)ccc1Cl. The molecule has 3 N–H and O–H groups in total. The molecule has 0 aliphatic rings. The van der Waals surface area contributed by atoms with Crippen LogP contribution in [0.15, 0.2) is 40.6 Å². The Balaban J connectivity index is 1.86. The number of carbonyl (C=O) groups excluding carboxylic acids is 1. The van der Waals surface area contributed by atoms with Crippen molar-refractivity contribution in [3.63, 3.8) is 0 Å². The van der Waals surface area contributed by atoms with Crippen LogP contribution >= 0.6 is 34.7 Å². The van der Waals surface area contributed by atoms with Gasteiger partial charge in [-0.15, -0.1) is 11.3 Å². The van der Waals surface area contributed by atoms with Gasteiger partial charge in [0.25, 0.3) is 5.91 Å². The monoisotopic (exact) mass is 390 g/mol. The van der Waals surface area contributed by atoms with E-state index in [2.05, 4.69) is 11.4 Å². The molecule has 5 nitrogen and oxygen atoms in total. The number of hydrogen-bond donors (Lipinski definition) is 2. The molecule has 0 unspecified atom stereocenters. The van der Waals surface area contributed by atoms with E-state index in [4.69, 9.17) is 16.7 Å². The van der Waals surface area contributed by atoms with E-state index in [1.54, 1.807) is 23.1 Å². The molecule has 23 heavy (non-hydrogen) atoms. The van der Waals surface area contributed by atoms with Gasteiger partial charge >= 0.3 is 0 Å². The lowest BCUT2D eigenvalue weighted by molar-refractivity contribution is 0.0956. The van der Waals surface area contributed by atoms with Crippen LogP contribution in [0.4, 0.5) is 0 Å². The van der Waals surface area contributed by atoms with E-state index in [1.165, 1.54) is 23.1 Å². The fourth-order valence-corrected chi connectivity index (χ4v) is 4.54. The molecule has 2 rings (SSSR count). The van der Waals surface area contributed by atoms with Crippen LogP contribution in [0.2, 0.25) is 5.02 Å². The van der Waals surface area contributed by atoms with Crippen molar-refractivity contribution >= 4 is 50.6 Å². The number of primary sulfonamides is 1. The number of sulfonamides is 1. The van der Waals surface area contributed by atoms with Gasteiger partial charge in [0.05, 0.1) is 5.02 Å². The molecular formula is C14H15ClN2O3S3. The summed E-state index contributed by atoms with van der Waals surface area (Å²) in [6.07, 6.45) is 0. The molecule has 0 aliphatic heterocycles. The van der Waals surface area contributed by atoms with E-state index in [0.717, 1.165) is 11.5 Å². The van der Waals surface area contributed by atoms with Crippen molar-refractivity contribution in [2.24, 2.45) is 5.14 Å². The highest BCUT2D eigenvalue weighted by atomic mass is 35.5. The standard InChI is InChI=1S/C14H15ClN2O3S3/c15-12-4-3-10(8-13(12)23(16,19)20)14(18)17-5-7-21-9-11-2-1-6-22-11/h1-4,6,8H,5,7,9H2,(H,17,18)(H2,16,19,20). The molecule has 1 heterocycles. The summed E-state index contributed by atoms with van der Waals surface area (Å²) in [5.41, 5.74) is 0.210. The molecule has 1 amide bonds. The van der Waals surface area contributed by atoms with Crippen LogP contribution in [0.1, 0.15) is 15.2 Å². The number of benzene rings is 1. The Morgan fingerprint density at radius 1 is 1.35 bits per heavy atom. The number of halogens is 1. The van der Waals surface area contributed by atoms with Crippen molar-refractivity contribution in [1.82, 2.24) is 5.32 Å². The van der Waals surface area contributed by atoms with E-state index in [0.29, 0.717) is 6.54 Å². The predicted molar refractivity (Wildman–Crippen MR) is 95.6 cm³/mol. The summed E-state index contributed by atoms with van der Waals surface area (Å²) in [5.74, 6) is 1.31. The first-order chi connectivity index (χ1) is 10.9. The second-order valence-corrected chi connectivity index (χ2v) is 8.65. The van der Waals surface area contributed by atoms with Crippen molar-refractivity contribution in [1.29, 1.82) is 0 Å². The normalized spacial score (nSPS) is 11.4. The minimum Gasteiger partial charge on any atom is -0.351 e. The maximum absolute atomic E-state index is 12.0. The molecule has 0 atom stereocenters. The molecule has 124 valence electrons. The average Bonchev–Trinajstić information content (AvgIpc) is 2.99. The zero-order valence-electron chi connectivity index (χ0n) is 12.0. The molecule has 0 fully saturated rings. The van der Waals surface area contributed by atoms with E-state index < -0.39 is 10.0 Å². The van der Waals surface area contributed by atoms with Crippen molar-refractivity contribution in [3.8, 4) is 0 Å². The van der Waals surface area contributed by atoms with Gasteiger partial charge in [-0.05, 0) is 29.6 Å². The second kappa shape index (κ2) is 8.16. The van der Waals surface area contributed by atoms with Gasteiger partial charge in [0.2, 0.25) is 10.0 Å². The van der Waals surface area contributed by atoms with Gasteiger partial charge in [-0.3, -0.25) is 4.79 Å².